The predicted molar refractivity (Wildman–Crippen MR) is 113 cm³/mol. The van der Waals surface area contributed by atoms with E-state index in [1.54, 1.807) is 24.8 Å². The third-order valence-corrected chi connectivity index (χ3v) is 6.37. The number of ether oxygens (including phenoxy) is 1. The van der Waals surface area contributed by atoms with Gasteiger partial charge in [0.05, 0.1) is 17.1 Å². The van der Waals surface area contributed by atoms with Crippen LogP contribution in [-0.2, 0) is 16.1 Å². The molecule has 5 heterocycles. The summed E-state index contributed by atoms with van der Waals surface area (Å²) >= 11 is 0. The Morgan fingerprint density at radius 1 is 1.10 bits per heavy atom. The van der Waals surface area contributed by atoms with Crippen molar-refractivity contribution >= 4 is 23.2 Å². The highest BCUT2D eigenvalue weighted by Crippen LogP contribution is 2.40. The molecule has 2 aliphatic heterocycles. The molecular weight excluding hydrogens is 380 g/mol. The molecule has 0 atom stereocenters. The van der Waals surface area contributed by atoms with Gasteiger partial charge < -0.3 is 15.0 Å². The summed E-state index contributed by atoms with van der Waals surface area (Å²) in [4.78, 5) is 31.3. The number of pyridine rings is 2. The first kappa shape index (κ1) is 18.9. The molecule has 0 unspecified atom stereocenters. The molecule has 2 saturated heterocycles. The largest absolute Gasteiger partial charge is 0.463 e. The van der Waals surface area contributed by atoms with Crippen LogP contribution in [0.25, 0.3) is 22.3 Å². The van der Waals surface area contributed by atoms with Gasteiger partial charge in [-0.3, -0.25) is 14.8 Å². The van der Waals surface area contributed by atoms with Crippen LogP contribution >= 0.6 is 0 Å². The lowest BCUT2D eigenvalue weighted by Crippen LogP contribution is -2.41. The third kappa shape index (κ3) is 3.47. The number of carbonyl (C=O) groups excluding carboxylic acids is 1. The number of piperidine rings is 1. The van der Waals surface area contributed by atoms with E-state index in [1.165, 1.54) is 6.42 Å². The van der Waals surface area contributed by atoms with Crippen LogP contribution in [-0.4, -0.2) is 52.6 Å². The molecule has 1 N–H and O–H groups in total. The summed E-state index contributed by atoms with van der Waals surface area (Å²) in [6.07, 6.45) is 10.5. The Morgan fingerprint density at radius 2 is 1.93 bits per heavy atom. The lowest BCUT2D eigenvalue weighted by molar-refractivity contribution is -0.129. The smallest absolute Gasteiger partial charge is 0.293 e. The first-order valence-corrected chi connectivity index (χ1v) is 10.3. The zero-order valence-electron chi connectivity index (χ0n) is 16.8. The summed E-state index contributed by atoms with van der Waals surface area (Å²) in [6.45, 7) is 4.72. The number of nitrogens with one attached hydrogen (secondary N) is 1. The fraction of sp³-hybridized carbons (Fsp3) is 0.409. The summed E-state index contributed by atoms with van der Waals surface area (Å²) in [6, 6.07) is 3.82. The van der Waals surface area contributed by atoms with Crippen molar-refractivity contribution in [3.05, 3.63) is 42.5 Å². The van der Waals surface area contributed by atoms with Gasteiger partial charge in [0.1, 0.15) is 12.4 Å². The monoisotopic (exact) mass is 404 g/mol. The SMILES string of the molecule is O=COCc1cncc2nc(-c3ccncc3)nc(N3CCC4(CCNC4)CC3)c12. The highest BCUT2D eigenvalue weighted by Gasteiger charge is 2.37. The van der Waals surface area contributed by atoms with Gasteiger partial charge in [-0.2, -0.15) is 0 Å². The van der Waals surface area contributed by atoms with Crippen molar-refractivity contribution in [2.24, 2.45) is 5.41 Å². The summed E-state index contributed by atoms with van der Waals surface area (Å²) in [5.74, 6) is 1.54. The normalized spacial score (nSPS) is 18.1. The van der Waals surface area contributed by atoms with Crippen LogP contribution in [0, 0.1) is 5.41 Å². The van der Waals surface area contributed by atoms with Crippen LogP contribution in [0.4, 0.5) is 5.82 Å². The number of carbonyl (C=O) groups is 1. The van der Waals surface area contributed by atoms with Gasteiger partial charge in [0.2, 0.25) is 0 Å². The van der Waals surface area contributed by atoms with E-state index in [4.69, 9.17) is 14.7 Å². The number of anilines is 1. The minimum atomic E-state index is 0.153. The Morgan fingerprint density at radius 3 is 2.67 bits per heavy atom. The van der Waals surface area contributed by atoms with Crippen LogP contribution in [0.2, 0.25) is 0 Å². The van der Waals surface area contributed by atoms with Gasteiger partial charge in [-0.25, -0.2) is 9.97 Å². The molecular formula is C22H24N6O2. The van der Waals surface area contributed by atoms with Crippen LogP contribution in [0.15, 0.2) is 36.9 Å². The van der Waals surface area contributed by atoms with E-state index in [9.17, 15) is 4.79 Å². The number of fused-ring (bicyclic) bond motifs is 1. The fourth-order valence-electron chi connectivity index (χ4n) is 4.64. The maximum atomic E-state index is 10.8. The molecule has 0 aromatic carbocycles. The first-order chi connectivity index (χ1) is 14.8. The molecule has 0 radical (unpaired) electrons. The van der Waals surface area contributed by atoms with Crippen molar-refractivity contribution in [2.75, 3.05) is 31.1 Å². The zero-order chi connectivity index (χ0) is 20.4. The second kappa shape index (κ2) is 7.95. The standard InChI is InChI=1S/C22H24N6O2/c29-15-30-13-17-11-25-12-18-19(17)21(27-20(26-18)16-1-6-23-7-2-16)28-9-4-22(5-10-28)3-8-24-14-22/h1-2,6-7,11-12,15,24H,3-5,8-10,13-14H2. The summed E-state index contributed by atoms with van der Waals surface area (Å²) in [5.41, 5.74) is 2.90. The van der Waals surface area contributed by atoms with Gasteiger partial charge in [-0.15, -0.1) is 0 Å². The number of aromatic nitrogens is 4. The van der Waals surface area contributed by atoms with Gasteiger partial charge >= 0.3 is 0 Å². The lowest BCUT2D eigenvalue weighted by atomic mass is 9.78. The topological polar surface area (TPSA) is 93.1 Å². The maximum Gasteiger partial charge on any atom is 0.293 e. The highest BCUT2D eigenvalue weighted by molar-refractivity contribution is 5.93. The second-order valence-electron chi connectivity index (χ2n) is 8.12. The van der Waals surface area contributed by atoms with Gasteiger partial charge in [0, 0.05) is 49.4 Å². The molecule has 0 amide bonds. The average Bonchev–Trinajstić information content (AvgIpc) is 3.26. The molecule has 8 heteroatoms. The number of hydrogen-bond donors (Lipinski definition) is 1. The van der Waals surface area contributed by atoms with E-state index >= 15 is 0 Å². The van der Waals surface area contributed by atoms with Gasteiger partial charge in [0.15, 0.2) is 5.82 Å². The molecule has 0 saturated carbocycles. The van der Waals surface area contributed by atoms with Crippen molar-refractivity contribution < 1.29 is 9.53 Å². The molecule has 1 spiro atoms. The average molecular weight is 404 g/mol. The van der Waals surface area contributed by atoms with Crippen LogP contribution in [0.5, 0.6) is 0 Å². The highest BCUT2D eigenvalue weighted by atomic mass is 16.5. The van der Waals surface area contributed by atoms with E-state index in [1.807, 2.05) is 12.1 Å². The van der Waals surface area contributed by atoms with Crippen molar-refractivity contribution in [3.8, 4) is 11.4 Å². The van der Waals surface area contributed by atoms with Gasteiger partial charge in [-0.1, -0.05) is 0 Å². The number of hydrogen-bond acceptors (Lipinski definition) is 8. The zero-order valence-corrected chi connectivity index (χ0v) is 16.8. The molecule has 0 bridgehead atoms. The van der Waals surface area contributed by atoms with Crippen molar-refractivity contribution in [1.82, 2.24) is 25.3 Å². The molecule has 2 aliphatic rings. The van der Waals surface area contributed by atoms with E-state index in [0.29, 0.717) is 17.7 Å². The van der Waals surface area contributed by atoms with Crippen molar-refractivity contribution in [1.29, 1.82) is 0 Å². The lowest BCUT2D eigenvalue weighted by Gasteiger charge is -2.40. The molecule has 3 aromatic rings. The van der Waals surface area contributed by atoms with E-state index < -0.39 is 0 Å². The first-order valence-electron chi connectivity index (χ1n) is 10.3. The molecule has 2 fully saturated rings. The van der Waals surface area contributed by atoms with E-state index in [2.05, 4.69) is 20.2 Å². The van der Waals surface area contributed by atoms with E-state index in [0.717, 1.165) is 66.9 Å². The Bertz CT molecular complexity index is 1040. The third-order valence-electron chi connectivity index (χ3n) is 6.37. The van der Waals surface area contributed by atoms with Crippen LogP contribution in [0.3, 0.4) is 0 Å². The minimum absolute atomic E-state index is 0.153. The maximum absolute atomic E-state index is 10.8. The molecule has 8 nitrogen and oxygen atoms in total. The molecule has 0 aliphatic carbocycles. The minimum Gasteiger partial charge on any atom is -0.463 e. The molecule has 3 aromatic heterocycles. The number of rotatable bonds is 5. The van der Waals surface area contributed by atoms with Crippen molar-refractivity contribution in [3.63, 3.8) is 0 Å². The summed E-state index contributed by atoms with van der Waals surface area (Å²) in [7, 11) is 0. The Hall–Kier alpha value is -3.13. The quantitative estimate of drug-likeness (QED) is 0.648. The summed E-state index contributed by atoms with van der Waals surface area (Å²) in [5, 5.41) is 4.43. The second-order valence-corrected chi connectivity index (χ2v) is 8.12. The van der Waals surface area contributed by atoms with E-state index in [-0.39, 0.29) is 6.61 Å². The fourth-order valence-corrected chi connectivity index (χ4v) is 4.64. The van der Waals surface area contributed by atoms with Crippen molar-refractivity contribution in [2.45, 2.75) is 25.9 Å². The number of nitrogens with zero attached hydrogens (tertiary/aromatic N) is 5. The van der Waals surface area contributed by atoms with Gasteiger partial charge in [0.25, 0.3) is 6.47 Å². The Balaban J connectivity index is 1.59. The Labute approximate surface area is 174 Å². The molecule has 30 heavy (non-hydrogen) atoms. The van der Waals surface area contributed by atoms with Crippen LogP contribution < -0.4 is 10.2 Å². The van der Waals surface area contributed by atoms with Gasteiger partial charge in [-0.05, 0) is 43.4 Å². The van der Waals surface area contributed by atoms with Crippen LogP contribution in [0.1, 0.15) is 24.8 Å². The summed E-state index contributed by atoms with van der Waals surface area (Å²) < 4.78 is 5.05. The molecule has 154 valence electrons. The molecule has 5 rings (SSSR count). The Kier molecular flexibility index (Phi) is 5.00. The predicted octanol–water partition coefficient (Wildman–Crippen LogP) is 2.34.